The van der Waals surface area contributed by atoms with Gasteiger partial charge in [-0.15, -0.1) is 0 Å². The Morgan fingerprint density at radius 3 is 2.47 bits per heavy atom. The molecule has 0 saturated carbocycles. The van der Waals surface area contributed by atoms with Gasteiger partial charge in [-0.25, -0.2) is 13.4 Å². The van der Waals surface area contributed by atoms with Gasteiger partial charge < -0.3 is 14.6 Å². The Labute approximate surface area is 198 Å². The predicted octanol–water partition coefficient (Wildman–Crippen LogP) is 3.33. The van der Waals surface area contributed by atoms with Crippen LogP contribution < -0.4 is 10.1 Å². The Morgan fingerprint density at radius 2 is 1.76 bits per heavy atom. The van der Waals surface area contributed by atoms with Gasteiger partial charge in [0.05, 0.1) is 24.7 Å². The van der Waals surface area contributed by atoms with Crippen molar-refractivity contribution in [1.82, 2.24) is 19.2 Å². The van der Waals surface area contributed by atoms with E-state index in [1.807, 2.05) is 66.2 Å². The van der Waals surface area contributed by atoms with Crippen LogP contribution in [-0.2, 0) is 30.2 Å². The first kappa shape index (κ1) is 23.5. The summed E-state index contributed by atoms with van der Waals surface area (Å²) in [4.78, 5) is 17.4. The number of benzene rings is 3. The van der Waals surface area contributed by atoms with Crippen LogP contribution in [0.5, 0.6) is 5.75 Å². The number of hydrogen-bond donors (Lipinski definition) is 1. The highest BCUT2D eigenvalue weighted by molar-refractivity contribution is 7.89. The van der Waals surface area contributed by atoms with Gasteiger partial charge in [-0.05, 0) is 35.9 Å². The number of para-hydroxylation sites is 2. The van der Waals surface area contributed by atoms with Gasteiger partial charge in [0, 0.05) is 26.2 Å². The summed E-state index contributed by atoms with van der Waals surface area (Å²) in [7, 11) is 0.871. The second kappa shape index (κ2) is 9.66. The van der Waals surface area contributed by atoms with E-state index in [-0.39, 0.29) is 29.3 Å². The van der Waals surface area contributed by atoms with Crippen molar-refractivity contribution in [1.29, 1.82) is 0 Å². The van der Waals surface area contributed by atoms with E-state index >= 15 is 0 Å². The van der Waals surface area contributed by atoms with Gasteiger partial charge in [0.25, 0.3) is 5.91 Å². The first-order chi connectivity index (χ1) is 16.3. The highest BCUT2D eigenvalue weighted by atomic mass is 32.2. The fourth-order valence-electron chi connectivity index (χ4n) is 3.73. The molecule has 1 aromatic heterocycles. The smallest absolute Gasteiger partial charge is 0.251 e. The molecule has 3 aromatic carbocycles. The van der Waals surface area contributed by atoms with Crippen molar-refractivity contribution in [2.24, 2.45) is 7.05 Å². The van der Waals surface area contributed by atoms with Crippen LogP contribution >= 0.6 is 0 Å². The number of nitrogens with zero attached hydrogens (tertiary/aromatic N) is 3. The van der Waals surface area contributed by atoms with E-state index in [1.54, 1.807) is 6.07 Å². The van der Waals surface area contributed by atoms with E-state index in [4.69, 9.17) is 4.74 Å². The van der Waals surface area contributed by atoms with E-state index in [2.05, 4.69) is 10.3 Å². The number of hydrogen-bond acceptors (Lipinski definition) is 5. The number of carbonyl (C=O) groups excluding carboxylic acids is 1. The molecule has 4 aromatic rings. The summed E-state index contributed by atoms with van der Waals surface area (Å²) in [5, 5.41) is 2.83. The molecular formula is C25H26N4O4S. The topological polar surface area (TPSA) is 93.5 Å². The Hall–Kier alpha value is -3.69. The summed E-state index contributed by atoms with van der Waals surface area (Å²) in [6.07, 6.45) is 0. The van der Waals surface area contributed by atoms with Gasteiger partial charge in [0.1, 0.15) is 16.5 Å². The number of fused-ring (bicyclic) bond motifs is 1. The molecule has 0 radical (unpaired) electrons. The van der Waals surface area contributed by atoms with E-state index in [1.165, 1.54) is 30.6 Å². The van der Waals surface area contributed by atoms with Crippen LogP contribution in [0.25, 0.3) is 11.0 Å². The van der Waals surface area contributed by atoms with Gasteiger partial charge in [-0.1, -0.05) is 42.5 Å². The highest BCUT2D eigenvalue weighted by Crippen LogP contribution is 2.28. The largest absolute Gasteiger partial charge is 0.495 e. The average molecular weight is 479 g/mol. The van der Waals surface area contributed by atoms with E-state index < -0.39 is 15.9 Å². The normalized spacial score (nSPS) is 11.6. The zero-order valence-electron chi connectivity index (χ0n) is 19.2. The summed E-state index contributed by atoms with van der Waals surface area (Å²) in [5.74, 6) is 0.460. The third-order valence-electron chi connectivity index (χ3n) is 5.65. The zero-order chi connectivity index (χ0) is 24.3. The number of sulfonamides is 1. The fourth-order valence-corrected chi connectivity index (χ4v) is 5.06. The van der Waals surface area contributed by atoms with Gasteiger partial charge in [0.15, 0.2) is 0 Å². The molecule has 4 rings (SSSR count). The molecule has 1 amide bonds. The lowest BCUT2D eigenvalue weighted by molar-refractivity contribution is 0.0949. The first-order valence-electron chi connectivity index (χ1n) is 10.7. The molecule has 0 atom stereocenters. The second-order valence-corrected chi connectivity index (χ2v) is 9.88. The lowest BCUT2D eigenvalue weighted by Crippen LogP contribution is -2.28. The number of imidazole rings is 1. The summed E-state index contributed by atoms with van der Waals surface area (Å²) < 4.78 is 35.1. The van der Waals surface area contributed by atoms with Crippen LogP contribution in [0.3, 0.4) is 0 Å². The average Bonchev–Trinajstić information content (AvgIpc) is 3.18. The third-order valence-corrected chi connectivity index (χ3v) is 7.47. The standard InChI is InChI=1S/C25H26N4O4S/c1-28(17-18-9-5-4-6-10-18)34(31,32)23-15-19(13-14-22(23)33-3)25(30)26-16-24-27-20-11-7-8-12-21(20)29(24)2/h4-15H,16-17H2,1-3H3,(H,26,30). The molecule has 0 aliphatic carbocycles. The van der Waals surface area contributed by atoms with Crippen molar-refractivity contribution in [2.75, 3.05) is 14.2 Å². The van der Waals surface area contributed by atoms with E-state index in [0.29, 0.717) is 5.82 Å². The number of rotatable bonds is 8. The maximum Gasteiger partial charge on any atom is 0.251 e. The number of carbonyl (C=O) groups is 1. The SMILES string of the molecule is COc1ccc(C(=O)NCc2nc3ccccc3n2C)cc1S(=O)(=O)N(C)Cc1ccccc1. The monoisotopic (exact) mass is 478 g/mol. The van der Waals surface area contributed by atoms with Gasteiger partial charge >= 0.3 is 0 Å². The first-order valence-corrected chi connectivity index (χ1v) is 12.1. The van der Waals surface area contributed by atoms with Gasteiger partial charge in [0.2, 0.25) is 10.0 Å². The quantitative estimate of drug-likeness (QED) is 0.419. The lowest BCUT2D eigenvalue weighted by Gasteiger charge is -2.19. The number of aromatic nitrogens is 2. The Kier molecular flexibility index (Phi) is 6.67. The van der Waals surface area contributed by atoms with Crippen molar-refractivity contribution in [3.8, 4) is 5.75 Å². The van der Waals surface area contributed by atoms with Crippen molar-refractivity contribution in [2.45, 2.75) is 18.0 Å². The van der Waals surface area contributed by atoms with Crippen molar-refractivity contribution in [3.63, 3.8) is 0 Å². The molecule has 0 aliphatic heterocycles. The van der Waals surface area contributed by atoms with Crippen LogP contribution in [-0.4, -0.2) is 42.3 Å². The number of ether oxygens (including phenoxy) is 1. The van der Waals surface area contributed by atoms with Crippen molar-refractivity contribution in [3.05, 3.63) is 89.7 Å². The summed E-state index contributed by atoms with van der Waals surface area (Å²) >= 11 is 0. The fraction of sp³-hybridized carbons (Fsp3) is 0.200. The molecule has 0 bridgehead atoms. The minimum Gasteiger partial charge on any atom is -0.495 e. The maximum atomic E-state index is 13.3. The summed E-state index contributed by atoms with van der Waals surface area (Å²) in [6, 6.07) is 21.4. The molecule has 0 fully saturated rings. The van der Waals surface area contributed by atoms with Crippen LogP contribution in [0, 0.1) is 0 Å². The molecular weight excluding hydrogens is 452 g/mol. The molecule has 8 nitrogen and oxygen atoms in total. The molecule has 0 saturated heterocycles. The third kappa shape index (κ3) is 4.66. The number of nitrogens with one attached hydrogen (secondary N) is 1. The highest BCUT2D eigenvalue weighted by Gasteiger charge is 2.26. The van der Waals surface area contributed by atoms with E-state index in [0.717, 1.165) is 16.6 Å². The van der Waals surface area contributed by atoms with Gasteiger partial charge in [-0.3, -0.25) is 4.79 Å². The molecule has 1 heterocycles. The number of amides is 1. The lowest BCUT2D eigenvalue weighted by atomic mass is 10.2. The van der Waals surface area contributed by atoms with Crippen LogP contribution in [0.1, 0.15) is 21.7 Å². The number of aryl methyl sites for hydroxylation is 1. The minimum atomic E-state index is -3.92. The van der Waals surface area contributed by atoms with Crippen LogP contribution in [0.15, 0.2) is 77.7 Å². The Balaban J connectivity index is 1.56. The van der Waals surface area contributed by atoms with Crippen LogP contribution in [0.2, 0.25) is 0 Å². The molecule has 176 valence electrons. The Morgan fingerprint density at radius 1 is 1.06 bits per heavy atom. The van der Waals surface area contributed by atoms with Crippen molar-refractivity contribution >= 4 is 27.0 Å². The summed E-state index contributed by atoms with van der Waals surface area (Å²) in [5.41, 5.74) is 2.87. The predicted molar refractivity (Wildman–Crippen MR) is 130 cm³/mol. The molecule has 34 heavy (non-hydrogen) atoms. The molecule has 0 spiro atoms. The second-order valence-electron chi connectivity index (χ2n) is 7.87. The molecule has 0 unspecified atom stereocenters. The van der Waals surface area contributed by atoms with Gasteiger partial charge in [-0.2, -0.15) is 4.31 Å². The number of methoxy groups -OCH3 is 1. The molecule has 1 N–H and O–H groups in total. The zero-order valence-corrected chi connectivity index (χ0v) is 20.0. The molecule has 0 aliphatic rings. The van der Waals surface area contributed by atoms with Crippen molar-refractivity contribution < 1.29 is 17.9 Å². The van der Waals surface area contributed by atoms with E-state index in [9.17, 15) is 13.2 Å². The Bertz CT molecular complexity index is 1430. The van der Waals surface area contributed by atoms with Crippen LogP contribution in [0.4, 0.5) is 0 Å². The molecule has 9 heteroatoms. The minimum absolute atomic E-state index is 0.0659. The summed E-state index contributed by atoms with van der Waals surface area (Å²) in [6.45, 7) is 0.390. The maximum absolute atomic E-state index is 13.3.